The molecule has 0 unspecified atom stereocenters. The molecule has 2 rings (SSSR count). The van der Waals surface area contributed by atoms with Crippen molar-refractivity contribution < 1.29 is 0 Å². The summed E-state index contributed by atoms with van der Waals surface area (Å²) in [6.07, 6.45) is 0. The summed E-state index contributed by atoms with van der Waals surface area (Å²) >= 11 is 5.86. The molecule has 3 heteroatoms. The van der Waals surface area contributed by atoms with Gasteiger partial charge in [0.15, 0.2) is 0 Å². The number of nitriles is 1. The molecule has 2 aromatic carbocycles. The van der Waals surface area contributed by atoms with Crippen LogP contribution in [-0.4, -0.2) is 6.04 Å². The highest BCUT2D eigenvalue weighted by Gasteiger charge is 2.15. The van der Waals surface area contributed by atoms with Crippen LogP contribution >= 0.6 is 11.6 Å². The number of anilines is 1. The van der Waals surface area contributed by atoms with E-state index in [0.29, 0.717) is 17.5 Å². The van der Waals surface area contributed by atoms with Gasteiger partial charge in [-0.05, 0) is 37.1 Å². The van der Waals surface area contributed by atoms with Crippen molar-refractivity contribution in [3.05, 3.63) is 65.2 Å². The minimum absolute atomic E-state index is 0.305. The van der Waals surface area contributed by atoms with Crippen LogP contribution in [0.4, 0.5) is 5.69 Å². The van der Waals surface area contributed by atoms with Crippen LogP contribution in [0.1, 0.15) is 30.5 Å². The lowest BCUT2D eigenvalue weighted by Crippen LogP contribution is -2.30. The predicted molar refractivity (Wildman–Crippen MR) is 88.5 cm³/mol. The second kappa shape index (κ2) is 7.15. The van der Waals surface area contributed by atoms with Gasteiger partial charge in [0.2, 0.25) is 0 Å². The molecule has 0 saturated heterocycles. The molecule has 21 heavy (non-hydrogen) atoms. The van der Waals surface area contributed by atoms with Gasteiger partial charge in [-0.3, -0.25) is 0 Å². The van der Waals surface area contributed by atoms with Gasteiger partial charge in [-0.25, -0.2) is 0 Å². The van der Waals surface area contributed by atoms with Crippen LogP contribution in [0, 0.1) is 11.3 Å². The third-order valence-electron chi connectivity index (χ3n) is 3.46. The van der Waals surface area contributed by atoms with Gasteiger partial charge >= 0.3 is 0 Å². The van der Waals surface area contributed by atoms with E-state index >= 15 is 0 Å². The second-order valence-corrected chi connectivity index (χ2v) is 5.57. The summed E-state index contributed by atoms with van der Waals surface area (Å²) in [5.41, 5.74) is 3.85. The summed E-state index contributed by atoms with van der Waals surface area (Å²) in [4.78, 5) is 2.24. The van der Waals surface area contributed by atoms with Crippen molar-refractivity contribution in [1.29, 1.82) is 5.26 Å². The van der Waals surface area contributed by atoms with Crippen molar-refractivity contribution in [2.24, 2.45) is 0 Å². The molecule has 0 N–H and O–H groups in total. The van der Waals surface area contributed by atoms with E-state index in [1.165, 1.54) is 5.56 Å². The van der Waals surface area contributed by atoms with Crippen molar-refractivity contribution in [3.63, 3.8) is 0 Å². The lowest BCUT2D eigenvalue weighted by molar-refractivity contribution is 0.681. The number of alkyl halides is 1. The van der Waals surface area contributed by atoms with Crippen molar-refractivity contribution in [3.8, 4) is 6.07 Å². The maximum absolute atomic E-state index is 9.42. The summed E-state index contributed by atoms with van der Waals surface area (Å²) in [5.74, 6) is 0.426. The number of hydrogen-bond acceptors (Lipinski definition) is 2. The molecular formula is C18H19ClN2. The quantitative estimate of drug-likeness (QED) is 0.747. The highest BCUT2D eigenvalue weighted by atomic mass is 35.5. The van der Waals surface area contributed by atoms with Crippen molar-refractivity contribution in [2.75, 3.05) is 4.90 Å². The fourth-order valence-electron chi connectivity index (χ4n) is 2.33. The van der Waals surface area contributed by atoms with E-state index in [4.69, 9.17) is 11.6 Å². The molecule has 0 aliphatic heterocycles. The Morgan fingerprint density at radius 2 is 1.81 bits per heavy atom. The zero-order valence-corrected chi connectivity index (χ0v) is 13.1. The predicted octanol–water partition coefficient (Wildman–Crippen LogP) is 4.71. The Labute approximate surface area is 131 Å². The van der Waals surface area contributed by atoms with Crippen molar-refractivity contribution in [2.45, 2.75) is 32.3 Å². The standard InChI is InChI=1S/C18H19ClN2/c1-14(2)21(13-15-6-4-3-5-7-15)18-9-8-16(11-19)10-17(18)12-20/h3-10,14H,11,13H2,1-2H3. The topological polar surface area (TPSA) is 27.0 Å². The lowest BCUT2D eigenvalue weighted by Gasteiger charge is -2.30. The Morgan fingerprint density at radius 3 is 2.38 bits per heavy atom. The van der Waals surface area contributed by atoms with Gasteiger partial charge in [-0.1, -0.05) is 36.4 Å². The first-order chi connectivity index (χ1) is 10.2. The van der Waals surface area contributed by atoms with Crippen LogP contribution in [0.15, 0.2) is 48.5 Å². The average molecular weight is 299 g/mol. The van der Waals surface area contributed by atoms with Crippen LogP contribution in [-0.2, 0) is 12.4 Å². The van der Waals surface area contributed by atoms with E-state index in [9.17, 15) is 5.26 Å². The Morgan fingerprint density at radius 1 is 1.10 bits per heavy atom. The summed E-state index contributed by atoms with van der Waals surface area (Å²) in [7, 11) is 0. The summed E-state index contributed by atoms with van der Waals surface area (Å²) < 4.78 is 0. The van der Waals surface area contributed by atoms with Crippen LogP contribution in [0.2, 0.25) is 0 Å². The fourth-order valence-corrected chi connectivity index (χ4v) is 2.50. The van der Waals surface area contributed by atoms with E-state index < -0.39 is 0 Å². The fraction of sp³-hybridized carbons (Fsp3) is 0.278. The number of nitrogens with zero attached hydrogens (tertiary/aromatic N) is 2. The minimum Gasteiger partial charge on any atom is -0.364 e. The largest absolute Gasteiger partial charge is 0.364 e. The van der Waals surface area contributed by atoms with E-state index in [2.05, 4.69) is 36.9 Å². The molecule has 0 bridgehead atoms. The molecule has 0 aromatic heterocycles. The van der Waals surface area contributed by atoms with Gasteiger partial charge in [0.1, 0.15) is 6.07 Å². The smallest absolute Gasteiger partial charge is 0.101 e. The van der Waals surface area contributed by atoms with Crippen LogP contribution < -0.4 is 4.90 Å². The lowest BCUT2D eigenvalue weighted by atomic mass is 10.1. The molecule has 2 nitrogen and oxygen atoms in total. The molecule has 0 heterocycles. The molecule has 0 amide bonds. The highest BCUT2D eigenvalue weighted by molar-refractivity contribution is 6.17. The summed E-state index contributed by atoms with van der Waals surface area (Å²) in [5, 5.41) is 9.42. The van der Waals surface area contributed by atoms with Gasteiger partial charge in [-0.15, -0.1) is 11.6 Å². The number of halogens is 1. The number of rotatable bonds is 5. The molecule has 0 saturated carbocycles. The first-order valence-electron chi connectivity index (χ1n) is 7.05. The zero-order valence-electron chi connectivity index (χ0n) is 12.4. The molecule has 0 spiro atoms. The first kappa shape index (κ1) is 15.4. The summed E-state index contributed by atoms with van der Waals surface area (Å²) in [6.45, 7) is 5.06. The highest BCUT2D eigenvalue weighted by Crippen LogP contribution is 2.26. The molecule has 0 fully saturated rings. The zero-order chi connectivity index (χ0) is 15.2. The van der Waals surface area contributed by atoms with Crippen molar-refractivity contribution >= 4 is 17.3 Å². The average Bonchev–Trinajstić information content (AvgIpc) is 2.52. The molecule has 2 aromatic rings. The van der Waals surface area contributed by atoms with Crippen LogP contribution in [0.5, 0.6) is 0 Å². The van der Waals surface area contributed by atoms with E-state index in [1.807, 2.05) is 36.4 Å². The molecule has 0 atom stereocenters. The molecule has 0 aliphatic rings. The van der Waals surface area contributed by atoms with Crippen LogP contribution in [0.3, 0.4) is 0 Å². The molecule has 0 aliphatic carbocycles. The Hall–Kier alpha value is -1.98. The van der Waals surface area contributed by atoms with E-state index in [-0.39, 0.29) is 0 Å². The molecule has 108 valence electrons. The normalized spacial score (nSPS) is 10.4. The van der Waals surface area contributed by atoms with E-state index in [1.54, 1.807) is 0 Å². The van der Waals surface area contributed by atoms with E-state index in [0.717, 1.165) is 17.8 Å². The third-order valence-corrected chi connectivity index (χ3v) is 3.77. The van der Waals surface area contributed by atoms with Gasteiger partial charge in [0, 0.05) is 18.5 Å². The monoisotopic (exact) mass is 298 g/mol. The maximum atomic E-state index is 9.42. The summed E-state index contributed by atoms with van der Waals surface area (Å²) in [6, 6.07) is 18.8. The first-order valence-corrected chi connectivity index (χ1v) is 7.58. The second-order valence-electron chi connectivity index (χ2n) is 5.30. The Balaban J connectivity index is 2.37. The maximum Gasteiger partial charge on any atom is 0.101 e. The Bertz CT molecular complexity index is 629. The number of hydrogen-bond donors (Lipinski definition) is 0. The molecule has 0 radical (unpaired) electrons. The van der Waals surface area contributed by atoms with Gasteiger partial charge in [-0.2, -0.15) is 5.26 Å². The van der Waals surface area contributed by atoms with Crippen molar-refractivity contribution in [1.82, 2.24) is 0 Å². The van der Waals surface area contributed by atoms with Gasteiger partial charge in [0.25, 0.3) is 0 Å². The van der Waals surface area contributed by atoms with Gasteiger partial charge < -0.3 is 4.90 Å². The SMILES string of the molecule is CC(C)N(Cc1ccccc1)c1ccc(CCl)cc1C#N. The third kappa shape index (κ3) is 3.77. The minimum atomic E-state index is 0.305. The Kier molecular flexibility index (Phi) is 5.25. The molecular weight excluding hydrogens is 280 g/mol. The van der Waals surface area contributed by atoms with Gasteiger partial charge in [0.05, 0.1) is 11.3 Å². The number of benzene rings is 2. The van der Waals surface area contributed by atoms with Crippen LogP contribution in [0.25, 0.3) is 0 Å².